The molecular weight excluding hydrogens is 242 g/mol. The fourth-order valence-corrected chi connectivity index (χ4v) is 2.13. The normalized spacial score (nSPS) is 10.9. The fraction of sp³-hybridized carbons (Fsp3) is 0.300. The molecule has 0 aliphatic carbocycles. The molecule has 1 rings (SSSR count). The summed E-state index contributed by atoms with van der Waals surface area (Å²) in [5.41, 5.74) is 6.76. The molecule has 7 heteroatoms. The van der Waals surface area contributed by atoms with E-state index >= 15 is 0 Å². The standard InChI is InChI=1S/C10H15N3O3S/c1-3-12-10(14)13-17(15,16)8-5-4-7(2)9(11)6-8/h4-6H,3,11H2,1-2H3,(H2,12,13,14). The van der Waals surface area contributed by atoms with Crippen molar-refractivity contribution < 1.29 is 13.2 Å². The van der Waals surface area contributed by atoms with Crippen LogP contribution in [0.25, 0.3) is 0 Å². The molecule has 0 aromatic heterocycles. The summed E-state index contributed by atoms with van der Waals surface area (Å²) >= 11 is 0. The van der Waals surface area contributed by atoms with Gasteiger partial charge in [0.15, 0.2) is 0 Å². The molecule has 1 aromatic rings. The van der Waals surface area contributed by atoms with Gasteiger partial charge in [0.05, 0.1) is 4.90 Å². The van der Waals surface area contributed by atoms with Crippen LogP contribution in [0.4, 0.5) is 10.5 Å². The van der Waals surface area contributed by atoms with Gasteiger partial charge in [-0.1, -0.05) is 6.07 Å². The maximum absolute atomic E-state index is 11.8. The van der Waals surface area contributed by atoms with Crippen molar-refractivity contribution in [1.29, 1.82) is 0 Å². The number of benzene rings is 1. The van der Waals surface area contributed by atoms with Gasteiger partial charge in [-0.05, 0) is 31.5 Å². The smallest absolute Gasteiger partial charge is 0.328 e. The van der Waals surface area contributed by atoms with Crippen LogP contribution >= 0.6 is 0 Å². The van der Waals surface area contributed by atoms with E-state index in [1.165, 1.54) is 12.1 Å². The van der Waals surface area contributed by atoms with Crippen molar-refractivity contribution in [3.63, 3.8) is 0 Å². The van der Waals surface area contributed by atoms with E-state index in [2.05, 4.69) is 5.32 Å². The summed E-state index contributed by atoms with van der Waals surface area (Å²) in [5, 5.41) is 2.34. The van der Waals surface area contributed by atoms with Gasteiger partial charge < -0.3 is 11.1 Å². The van der Waals surface area contributed by atoms with Crippen molar-refractivity contribution in [1.82, 2.24) is 10.0 Å². The molecule has 0 atom stereocenters. The van der Waals surface area contributed by atoms with Crippen LogP contribution in [-0.2, 0) is 10.0 Å². The molecule has 0 bridgehead atoms. The highest BCUT2D eigenvalue weighted by Gasteiger charge is 2.17. The maximum Gasteiger partial charge on any atom is 0.328 e. The number of urea groups is 1. The highest BCUT2D eigenvalue weighted by atomic mass is 32.2. The first kappa shape index (κ1) is 13.3. The third-order valence-corrected chi connectivity index (χ3v) is 3.45. The van der Waals surface area contributed by atoms with Gasteiger partial charge in [-0.3, -0.25) is 0 Å². The van der Waals surface area contributed by atoms with Crippen molar-refractivity contribution in [2.75, 3.05) is 12.3 Å². The number of hydrogen-bond acceptors (Lipinski definition) is 4. The van der Waals surface area contributed by atoms with Gasteiger partial charge >= 0.3 is 6.03 Å². The minimum absolute atomic E-state index is 0.0353. The molecule has 0 saturated carbocycles. The lowest BCUT2D eigenvalue weighted by molar-refractivity contribution is 0.246. The third kappa shape index (κ3) is 3.35. The maximum atomic E-state index is 11.8. The largest absolute Gasteiger partial charge is 0.398 e. The van der Waals surface area contributed by atoms with Gasteiger partial charge in [0.1, 0.15) is 0 Å². The van der Waals surface area contributed by atoms with Crippen molar-refractivity contribution in [2.24, 2.45) is 0 Å². The molecular formula is C10H15N3O3S. The number of carbonyl (C=O) groups excluding carboxylic acids is 1. The summed E-state index contributed by atoms with van der Waals surface area (Å²) in [4.78, 5) is 11.1. The van der Waals surface area contributed by atoms with Crippen LogP contribution in [0, 0.1) is 6.92 Å². The molecule has 4 N–H and O–H groups in total. The minimum atomic E-state index is -3.86. The highest BCUT2D eigenvalue weighted by molar-refractivity contribution is 7.90. The zero-order valence-corrected chi connectivity index (χ0v) is 10.5. The first-order valence-corrected chi connectivity index (χ1v) is 6.52. The molecule has 0 aliphatic rings. The van der Waals surface area contributed by atoms with E-state index in [1.807, 2.05) is 4.72 Å². The predicted octanol–water partition coefficient (Wildman–Crippen LogP) is 0.585. The number of carbonyl (C=O) groups is 1. The first-order chi connectivity index (χ1) is 7.86. The van der Waals surface area contributed by atoms with Crippen molar-refractivity contribution >= 4 is 21.7 Å². The molecule has 0 spiro atoms. The Morgan fingerprint density at radius 1 is 1.41 bits per heavy atom. The Morgan fingerprint density at radius 2 is 2.06 bits per heavy atom. The number of amides is 2. The number of nitrogens with two attached hydrogens (primary N) is 1. The Labute approximate surface area is 100 Å². The number of sulfonamides is 1. The van der Waals surface area contributed by atoms with Crippen molar-refractivity contribution in [2.45, 2.75) is 18.7 Å². The highest BCUT2D eigenvalue weighted by Crippen LogP contribution is 2.16. The molecule has 0 heterocycles. The topological polar surface area (TPSA) is 101 Å². The Morgan fingerprint density at radius 3 is 2.59 bits per heavy atom. The van der Waals surface area contributed by atoms with Crippen LogP contribution < -0.4 is 15.8 Å². The fourth-order valence-electron chi connectivity index (χ4n) is 1.16. The van der Waals surface area contributed by atoms with E-state index in [0.29, 0.717) is 12.2 Å². The zero-order chi connectivity index (χ0) is 13.1. The molecule has 0 radical (unpaired) electrons. The summed E-state index contributed by atoms with van der Waals surface area (Å²) in [7, 11) is -3.86. The van der Waals surface area contributed by atoms with Crippen molar-refractivity contribution in [3.05, 3.63) is 23.8 Å². The van der Waals surface area contributed by atoms with E-state index in [-0.39, 0.29) is 4.90 Å². The zero-order valence-electron chi connectivity index (χ0n) is 9.65. The second kappa shape index (κ2) is 5.05. The summed E-state index contributed by atoms with van der Waals surface area (Å²) in [5.74, 6) is 0. The Bertz CT molecular complexity index is 526. The van der Waals surface area contributed by atoms with Gasteiger partial charge in [0, 0.05) is 12.2 Å². The minimum Gasteiger partial charge on any atom is -0.398 e. The second-order valence-electron chi connectivity index (χ2n) is 3.48. The van der Waals surface area contributed by atoms with Crippen LogP contribution in [0.2, 0.25) is 0 Å². The Kier molecular flexibility index (Phi) is 3.95. The molecule has 1 aromatic carbocycles. The molecule has 17 heavy (non-hydrogen) atoms. The first-order valence-electron chi connectivity index (χ1n) is 5.03. The van der Waals surface area contributed by atoms with Crippen LogP contribution in [0.3, 0.4) is 0 Å². The van der Waals surface area contributed by atoms with Gasteiger partial charge in [0.2, 0.25) is 0 Å². The molecule has 0 aliphatic heterocycles. The number of hydrogen-bond donors (Lipinski definition) is 3. The third-order valence-electron chi connectivity index (χ3n) is 2.13. The molecule has 6 nitrogen and oxygen atoms in total. The average molecular weight is 257 g/mol. The quantitative estimate of drug-likeness (QED) is 0.689. The molecule has 2 amide bonds. The molecule has 0 saturated heterocycles. The van der Waals surface area contributed by atoms with E-state index in [9.17, 15) is 13.2 Å². The van der Waals surface area contributed by atoms with E-state index < -0.39 is 16.1 Å². The van der Waals surface area contributed by atoms with Gasteiger partial charge in [-0.15, -0.1) is 0 Å². The summed E-state index contributed by atoms with van der Waals surface area (Å²) < 4.78 is 25.4. The summed E-state index contributed by atoms with van der Waals surface area (Å²) in [6, 6.07) is 3.54. The second-order valence-corrected chi connectivity index (χ2v) is 5.17. The lowest BCUT2D eigenvalue weighted by atomic mass is 10.2. The number of rotatable bonds is 3. The van der Waals surface area contributed by atoms with Gasteiger partial charge in [-0.2, -0.15) is 0 Å². The van der Waals surface area contributed by atoms with Crippen LogP contribution in [-0.4, -0.2) is 21.0 Å². The van der Waals surface area contributed by atoms with E-state index in [4.69, 9.17) is 5.73 Å². The van der Waals surface area contributed by atoms with Gasteiger partial charge in [-0.25, -0.2) is 17.9 Å². The predicted molar refractivity (Wildman–Crippen MR) is 65.0 cm³/mol. The molecule has 0 fully saturated rings. The Hall–Kier alpha value is -1.76. The number of nitrogens with one attached hydrogen (secondary N) is 2. The van der Waals surface area contributed by atoms with Crippen LogP contribution in [0.15, 0.2) is 23.1 Å². The lowest BCUT2D eigenvalue weighted by Crippen LogP contribution is -2.39. The SMILES string of the molecule is CCNC(=O)NS(=O)(=O)c1ccc(C)c(N)c1. The van der Waals surface area contributed by atoms with Crippen molar-refractivity contribution in [3.8, 4) is 0 Å². The monoisotopic (exact) mass is 257 g/mol. The Balaban J connectivity index is 2.97. The van der Waals surface area contributed by atoms with E-state index in [0.717, 1.165) is 5.56 Å². The van der Waals surface area contributed by atoms with Crippen LogP contribution in [0.5, 0.6) is 0 Å². The van der Waals surface area contributed by atoms with Gasteiger partial charge in [0.25, 0.3) is 10.0 Å². The van der Waals surface area contributed by atoms with Crippen LogP contribution in [0.1, 0.15) is 12.5 Å². The lowest BCUT2D eigenvalue weighted by Gasteiger charge is -2.08. The summed E-state index contributed by atoms with van der Waals surface area (Å²) in [6.45, 7) is 3.80. The number of anilines is 1. The van der Waals surface area contributed by atoms with E-state index in [1.54, 1.807) is 19.9 Å². The number of aryl methyl sites for hydroxylation is 1. The molecule has 0 unspecified atom stereocenters. The summed E-state index contributed by atoms with van der Waals surface area (Å²) in [6.07, 6.45) is 0. The average Bonchev–Trinajstić information content (AvgIpc) is 2.21. The number of nitrogen functional groups attached to an aromatic ring is 1. The molecule has 94 valence electrons.